The summed E-state index contributed by atoms with van der Waals surface area (Å²) >= 11 is 1.57. The van der Waals surface area contributed by atoms with Crippen molar-refractivity contribution in [2.45, 2.75) is 19.0 Å². The molecule has 3 nitrogen and oxygen atoms in total. The van der Waals surface area contributed by atoms with Crippen molar-refractivity contribution in [1.82, 2.24) is 9.97 Å². The van der Waals surface area contributed by atoms with E-state index in [-0.39, 0.29) is 5.82 Å². The number of anilines is 1. The number of thioether (sulfide) groups is 1. The first-order valence-corrected chi connectivity index (χ1v) is 7.07. The fourth-order valence-electron chi connectivity index (χ4n) is 1.69. The maximum atomic E-state index is 13.4. The third kappa shape index (κ3) is 4.21. The van der Waals surface area contributed by atoms with Crippen molar-refractivity contribution in [2.75, 3.05) is 17.6 Å². The highest BCUT2D eigenvalue weighted by molar-refractivity contribution is 7.99. The predicted octanol–water partition coefficient (Wildman–Crippen LogP) is 3.44. The Morgan fingerprint density at radius 3 is 2.53 bits per heavy atom. The highest BCUT2D eigenvalue weighted by atomic mass is 32.2. The molecule has 0 radical (unpaired) electrons. The van der Waals surface area contributed by atoms with E-state index in [1.165, 1.54) is 6.07 Å². The van der Waals surface area contributed by atoms with E-state index < -0.39 is 0 Å². The van der Waals surface area contributed by atoms with Crippen molar-refractivity contribution < 1.29 is 4.39 Å². The van der Waals surface area contributed by atoms with Crippen LogP contribution in [0.25, 0.3) is 0 Å². The van der Waals surface area contributed by atoms with Crippen molar-refractivity contribution in [2.24, 2.45) is 0 Å². The molecule has 2 aromatic rings. The van der Waals surface area contributed by atoms with Gasteiger partial charge in [0, 0.05) is 23.7 Å². The molecule has 0 amide bonds. The average Bonchev–Trinajstić information content (AvgIpc) is 2.35. The number of nitrogens with zero attached hydrogens (tertiary/aromatic N) is 2. The molecule has 1 aromatic carbocycles. The second kappa shape index (κ2) is 6.52. The van der Waals surface area contributed by atoms with Crippen molar-refractivity contribution in [3.05, 3.63) is 47.5 Å². The van der Waals surface area contributed by atoms with Crippen molar-refractivity contribution in [1.29, 1.82) is 0 Å². The summed E-state index contributed by atoms with van der Waals surface area (Å²) in [5.41, 5.74) is 2.47. The summed E-state index contributed by atoms with van der Waals surface area (Å²) in [5, 5.41) is 3.83. The van der Waals surface area contributed by atoms with Crippen molar-refractivity contribution in [3.8, 4) is 0 Å². The summed E-state index contributed by atoms with van der Waals surface area (Å²) in [6.45, 7) is 4.58. The third-order valence-electron chi connectivity index (χ3n) is 2.48. The Balaban J connectivity index is 1.82. The summed E-state index contributed by atoms with van der Waals surface area (Å²) in [4.78, 5) is 8.69. The van der Waals surface area contributed by atoms with E-state index in [2.05, 4.69) is 15.3 Å². The maximum absolute atomic E-state index is 13.4. The van der Waals surface area contributed by atoms with Crippen LogP contribution in [-0.2, 0) is 0 Å². The quantitative estimate of drug-likeness (QED) is 0.516. The lowest BCUT2D eigenvalue weighted by Crippen LogP contribution is -2.06. The number of rotatable bonds is 5. The zero-order valence-electron chi connectivity index (χ0n) is 11.0. The Kier molecular flexibility index (Phi) is 4.74. The minimum absolute atomic E-state index is 0.227. The zero-order chi connectivity index (χ0) is 13.7. The van der Waals surface area contributed by atoms with Gasteiger partial charge in [-0.25, -0.2) is 14.4 Å². The summed E-state index contributed by atoms with van der Waals surface area (Å²) in [5.74, 6) is 0.562. The Morgan fingerprint density at radius 1 is 1.16 bits per heavy atom. The Bertz CT molecular complexity index is 540. The molecule has 100 valence electrons. The Labute approximate surface area is 116 Å². The van der Waals surface area contributed by atoms with Gasteiger partial charge in [-0.1, -0.05) is 23.9 Å². The van der Waals surface area contributed by atoms with E-state index in [0.29, 0.717) is 12.2 Å². The number of hydrogen-bond acceptors (Lipinski definition) is 4. The molecule has 1 heterocycles. The molecule has 19 heavy (non-hydrogen) atoms. The van der Waals surface area contributed by atoms with Gasteiger partial charge in [0.2, 0.25) is 0 Å². The second-order valence-corrected chi connectivity index (χ2v) is 5.25. The Morgan fingerprint density at radius 2 is 1.84 bits per heavy atom. The fraction of sp³-hybridized carbons (Fsp3) is 0.286. The van der Waals surface area contributed by atoms with Gasteiger partial charge < -0.3 is 5.32 Å². The molecular formula is C14H16FN3S. The van der Waals surface area contributed by atoms with Crippen LogP contribution in [0.3, 0.4) is 0 Å². The van der Waals surface area contributed by atoms with Crippen LogP contribution in [0.1, 0.15) is 11.4 Å². The Hall–Kier alpha value is -1.62. The number of aromatic nitrogens is 2. The zero-order valence-corrected chi connectivity index (χ0v) is 11.8. The average molecular weight is 277 g/mol. The normalized spacial score (nSPS) is 10.5. The van der Waals surface area contributed by atoms with Crippen LogP contribution in [0.15, 0.2) is 35.5 Å². The van der Waals surface area contributed by atoms with Gasteiger partial charge in [-0.3, -0.25) is 0 Å². The van der Waals surface area contributed by atoms with Crippen molar-refractivity contribution in [3.63, 3.8) is 0 Å². The fourth-order valence-corrected chi connectivity index (χ4v) is 2.49. The number of hydrogen-bond donors (Lipinski definition) is 1. The van der Waals surface area contributed by atoms with Gasteiger partial charge in [0.25, 0.3) is 0 Å². The molecule has 2 rings (SSSR count). The van der Waals surface area contributed by atoms with Crippen LogP contribution in [0.5, 0.6) is 0 Å². The topological polar surface area (TPSA) is 37.8 Å². The molecule has 0 aliphatic carbocycles. The largest absolute Gasteiger partial charge is 0.382 e. The maximum Gasteiger partial charge on any atom is 0.188 e. The van der Waals surface area contributed by atoms with Gasteiger partial charge in [-0.15, -0.1) is 0 Å². The lowest BCUT2D eigenvalue weighted by Gasteiger charge is -2.07. The summed E-state index contributed by atoms with van der Waals surface area (Å²) in [6, 6.07) is 8.61. The molecular weight excluding hydrogens is 261 g/mol. The van der Waals surface area contributed by atoms with E-state index in [1.54, 1.807) is 23.9 Å². The van der Waals surface area contributed by atoms with E-state index in [4.69, 9.17) is 0 Å². The standard InChI is InChI=1S/C14H16FN3S/c1-10-9-11(2)18-14(17-10)19-8-7-16-13-6-4-3-5-12(13)15/h3-6,9,16H,7-8H2,1-2H3. The van der Waals surface area contributed by atoms with E-state index in [0.717, 1.165) is 22.3 Å². The monoisotopic (exact) mass is 277 g/mol. The van der Waals surface area contributed by atoms with Crippen LogP contribution in [-0.4, -0.2) is 22.3 Å². The number of para-hydroxylation sites is 1. The lowest BCUT2D eigenvalue weighted by atomic mass is 10.3. The first-order chi connectivity index (χ1) is 9.15. The molecule has 0 saturated heterocycles. The van der Waals surface area contributed by atoms with Crippen LogP contribution in [0, 0.1) is 19.7 Å². The van der Waals surface area contributed by atoms with Gasteiger partial charge in [0.05, 0.1) is 5.69 Å². The van der Waals surface area contributed by atoms with Crippen LogP contribution >= 0.6 is 11.8 Å². The molecule has 0 fully saturated rings. The van der Waals surface area contributed by atoms with Crippen LogP contribution < -0.4 is 5.32 Å². The van der Waals surface area contributed by atoms with Gasteiger partial charge in [0.1, 0.15) is 5.82 Å². The first kappa shape index (κ1) is 13.8. The smallest absolute Gasteiger partial charge is 0.188 e. The SMILES string of the molecule is Cc1cc(C)nc(SCCNc2ccccc2F)n1. The molecule has 0 spiro atoms. The lowest BCUT2D eigenvalue weighted by molar-refractivity contribution is 0.630. The molecule has 1 N–H and O–H groups in total. The van der Waals surface area contributed by atoms with Gasteiger partial charge in [-0.2, -0.15) is 0 Å². The van der Waals surface area contributed by atoms with Crippen LogP contribution in [0.2, 0.25) is 0 Å². The molecule has 0 saturated carbocycles. The van der Waals surface area contributed by atoms with E-state index in [9.17, 15) is 4.39 Å². The highest BCUT2D eigenvalue weighted by Gasteiger charge is 2.02. The van der Waals surface area contributed by atoms with Crippen molar-refractivity contribution >= 4 is 17.4 Å². The molecule has 5 heteroatoms. The minimum atomic E-state index is -0.227. The van der Waals surface area contributed by atoms with Gasteiger partial charge >= 0.3 is 0 Å². The molecule has 0 bridgehead atoms. The summed E-state index contributed by atoms with van der Waals surface area (Å²) in [6.07, 6.45) is 0. The molecule has 1 aromatic heterocycles. The minimum Gasteiger partial charge on any atom is -0.382 e. The van der Waals surface area contributed by atoms with Gasteiger partial charge in [0.15, 0.2) is 5.16 Å². The van der Waals surface area contributed by atoms with E-state index >= 15 is 0 Å². The number of aryl methyl sites for hydroxylation is 2. The molecule has 0 unspecified atom stereocenters. The van der Waals surface area contributed by atoms with E-state index in [1.807, 2.05) is 26.0 Å². The molecule has 0 atom stereocenters. The third-order valence-corrected chi connectivity index (χ3v) is 3.33. The number of benzene rings is 1. The number of nitrogens with one attached hydrogen (secondary N) is 1. The molecule has 0 aliphatic heterocycles. The van der Waals surface area contributed by atoms with Gasteiger partial charge in [-0.05, 0) is 32.0 Å². The first-order valence-electron chi connectivity index (χ1n) is 6.08. The highest BCUT2D eigenvalue weighted by Crippen LogP contribution is 2.15. The van der Waals surface area contributed by atoms with Crippen LogP contribution in [0.4, 0.5) is 10.1 Å². The summed E-state index contributed by atoms with van der Waals surface area (Å²) < 4.78 is 13.4. The number of halogens is 1. The second-order valence-electron chi connectivity index (χ2n) is 4.19. The molecule has 0 aliphatic rings. The summed E-state index contributed by atoms with van der Waals surface area (Å²) in [7, 11) is 0. The predicted molar refractivity (Wildman–Crippen MR) is 77.1 cm³/mol.